The number of nitrogens with zero attached hydrogens (tertiary/aromatic N) is 1. The highest BCUT2D eigenvalue weighted by atomic mass is 19.1. The molecule has 15 heavy (non-hydrogen) atoms. The first-order valence-electron chi connectivity index (χ1n) is 5.10. The number of piperidine rings is 1. The number of halogens is 1. The summed E-state index contributed by atoms with van der Waals surface area (Å²) in [4.78, 5) is 23.6. The number of carbonyl (C=O) groups is 2. The summed E-state index contributed by atoms with van der Waals surface area (Å²) in [6, 6.07) is 0. The molecular formula is C10H15BFNO2. The molecule has 1 fully saturated rings. The fourth-order valence-corrected chi connectivity index (χ4v) is 1.87. The third-order valence-electron chi connectivity index (χ3n) is 2.88. The number of carbonyl (C=O) groups excluding carboxylic acids is 2. The highest BCUT2D eigenvalue weighted by molar-refractivity contribution is 6.35. The molecule has 1 atom stereocenters. The minimum Gasteiger partial charge on any atom is -0.336 e. The number of rotatable bonds is 2. The molecule has 1 aliphatic heterocycles. The van der Waals surface area contributed by atoms with E-state index in [4.69, 9.17) is 7.85 Å². The maximum absolute atomic E-state index is 13.4. The van der Waals surface area contributed by atoms with Gasteiger partial charge in [-0.25, -0.2) is 0 Å². The zero-order chi connectivity index (χ0) is 11.6. The molecule has 0 spiro atoms. The highest BCUT2D eigenvalue weighted by Gasteiger charge is 2.33. The van der Waals surface area contributed by atoms with Crippen molar-refractivity contribution in [3.05, 3.63) is 0 Å². The van der Waals surface area contributed by atoms with Gasteiger partial charge in [-0.2, -0.15) is 0 Å². The fraction of sp³-hybridized carbons (Fsp3) is 0.800. The Bertz CT molecular complexity index is 267. The molecule has 0 aromatic heterocycles. The Kier molecular flexibility index (Phi) is 3.52. The molecule has 1 amide bonds. The Hall–Kier alpha value is -0.865. The average Bonchev–Trinajstić information content (AvgIpc) is 2.15. The summed E-state index contributed by atoms with van der Waals surface area (Å²) in [7, 11) is 5.35. The number of amides is 1. The highest BCUT2D eigenvalue weighted by Crippen LogP contribution is 2.28. The summed E-state index contributed by atoms with van der Waals surface area (Å²) >= 11 is 0. The molecule has 0 aliphatic carbocycles. The van der Waals surface area contributed by atoms with Crippen LogP contribution >= 0.6 is 0 Å². The van der Waals surface area contributed by atoms with Gasteiger partial charge in [0.05, 0.1) is 5.57 Å². The third-order valence-corrected chi connectivity index (χ3v) is 2.88. The van der Waals surface area contributed by atoms with E-state index in [9.17, 15) is 14.0 Å². The Balaban J connectivity index is 2.50. The average molecular weight is 211 g/mol. The van der Waals surface area contributed by atoms with Crippen molar-refractivity contribution in [1.29, 1.82) is 0 Å². The monoisotopic (exact) mass is 211 g/mol. The third kappa shape index (κ3) is 3.04. The zero-order valence-corrected chi connectivity index (χ0v) is 9.12. The van der Waals surface area contributed by atoms with Gasteiger partial charge >= 0.3 is 0 Å². The number of ketones is 1. The Morgan fingerprint density at radius 1 is 1.40 bits per heavy atom. The SMILES string of the molecule is [B]C(C)(F)C1CCN(C(=O)C(C)=O)CC1. The minimum atomic E-state index is -1.69. The van der Waals surface area contributed by atoms with E-state index < -0.39 is 17.3 Å². The van der Waals surface area contributed by atoms with E-state index in [0.717, 1.165) is 0 Å². The molecule has 0 bridgehead atoms. The van der Waals surface area contributed by atoms with Crippen molar-refractivity contribution in [3.63, 3.8) is 0 Å². The van der Waals surface area contributed by atoms with Gasteiger partial charge in [-0.05, 0) is 25.7 Å². The lowest BCUT2D eigenvalue weighted by molar-refractivity contribution is -0.144. The van der Waals surface area contributed by atoms with Gasteiger partial charge in [0.2, 0.25) is 5.78 Å². The fourth-order valence-electron chi connectivity index (χ4n) is 1.87. The molecule has 2 radical (unpaired) electrons. The van der Waals surface area contributed by atoms with Gasteiger partial charge in [0.1, 0.15) is 7.85 Å². The van der Waals surface area contributed by atoms with E-state index in [0.29, 0.717) is 25.9 Å². The first-order chi connectivity index (χ1) is 6.82. The van der Waals surface area contributed by atoms with Gasteiger partial charge in [0.15, 0.2) is 0 Å². The second kappa shape index (κ2) is 4.33. The number of hydrogen-bond acceptors (Lipinski definition) is 2. The van der Waals surface area contributed by atoms with E-state index in [1.54, 1.807) is 0 Å². The predicted octanol–water partition coefficient (Wildman–Crippen LogP) is 0.668. The van der Waals surface area contributed by atoms with Gasteiger partial charge in [0, 0.05) is 20.0 Å². The van der Waals surface area contributed by atoms with Gasteiger partial charge < -0.3 is 4.90 Å². The Labute approximate surface area is 90.4 Å². The lowest BCUT2D eigenvalue weighted by atomic mass is 9.71. The normalized spacial score (nSPS) is 22.2. The van der Waals surface area contributed by atoms with E-state index in [1.165, 1.54) is 18.7 Å². The molecule has 3 nitrogen and oxygen atoms in total. The topological polar surface area (TPSA) is 37.4 Å². The van der Waals surface area contributed by atoms with Gasteiger partial charge in [-0.15, -0.1) is 0 Å². The summed E-state index contributed by atoms with van der Waals surface area (Å²) in [5.41, 5.74) is -1.69. The summed E-state index contributed by atoms with van der Waals surface area (Å²) in [6.45, 7) is 3.43. The summed E-state index contributed by atoms with van der Waals surface area (Å²) in [5.74, 6) is -1.18. The molecule has 5 heteroatoms. The van der Waals surface area contributed by atoms with Gasteiger partial charge in [-0.3, -0.25) is 14.0 Å². The van der Waals surface area contributed by atoms with Crippen molar-refractivity contribution in [1.82, 2.24) is 4.90 Å². The predicted molar refractivity (Wildman–Crippen MR) is 55.3 cm³/mol. The lowest BCUT2D eigenvalue weighted by Gasteiger charge is -2.36. The van der Waals surface area contributed by atoms with E-state index >= 15 is 0 Å². The molecule has 1 saturated heterocycles. The Morgan fingerprint density at radius 3 is 2.20 bits per heavy atom. The largest absolute Gasteiger partial charge is 0.336 e. The van der Waals surface area contributed by atoms with Crippen LogP contribution < -0.4 is 0 Å². The number of hydrogen-bond donors (Lipinski definition) is 0. The van der Waals surface area contributed by atoms with Crippen LogP contribution in [0.1, 0.15) is 26.7 Å². The summed E-state index contributed by atoms with van der Waals surface area (Å²) in [5, 5.41) is 0. The molecule has 1 rings (SSSR count). The molecule has 1 unspecified atom stereocenters. The first kappa shape index (κ1) is 12.2. The van der Waals surface area contributed by atoms with Crippen molar-refractivity contribution in [2.75, 3.05) is 13.1 Å². The van der Waals surface area contributed by atoms with Crippen LogP contribution in [0.5, 0.6) is 0 Å². The van der Waals surface area contributed by atoms with E-state index in [-0.39, 0.29) is 5.92 Å². The van der Waals surface area contributed by atoms with Crippen LogP contribution in [0, 0.1) is 5.92 Å². The van der Waals surface area contributed by atoms with Crippen molar-refractivity contribution in [3.8, 4) is 0 Å². The lowest BCUT2D eigenvalue weighted by Crippen LogP contribution is -2.45. The van der Waals surface area contributed by atoms with Crippen molar-refractivity contribution in [2.24, 2.45) is 5.92 Å². The van der Waals surface area contributed by atoms with Crippen LogP contribution in [0.15, 0.2) is 0 Å². The first-order valence-corrected chi connectivity index (χ1v) is 5.10. The van der Waals surface area contributed by atoms with Crippen molar-refractivity contribution < 1.29 is 14.0 Å². The van der Waals surface area contributed by atoms with Gasteiger partial charge in [0.25, 0.3) is 5.91 Å². The number of Topliss-reactive ketones (excluding diaryl/α,β-unsaturated/α-hetero) is 1. The quantitative estimate of drug-likeness (QED) is 0.497. The molecule has 82 valence electrons. The second-order valence-corrected chi connectivity index (χ2v) is 4.27. The zero-order valence-electron chi connectivity index (χ0n) is 9.12. The van der Waals surface area contributed by atoms with Crippen LogP contribution in [-0.2, 0) is 9.59 Å². The van der Waals surface area contributed by atoms with Crippen LogP contribution in [0.2, 0.25) is 0 Å². The minimum absolute atomic E-state index is 0.228. The van der Waals surface area contributed by atoms with Crippen LogP contribution in [-0.4, -0.2) is 43.1 Å². The van der Waals surface area contributed by atoms with Crippen molar-refractivity contribution in [2.45, 2.75) is 32.3 Å². The van der Waals surface area contributed by atoms with E-state index in [2.05, 4.69) is 0 Å². The molecule has 0 N–H and O–H groups in total. The number of likely N-dealkylation sites (tertiary alicyclic amines) is 1. The maximum Gasteiger partial charge on any atom is 0.289 e. The van der Waals surface area contributed by atoms with Crippen LogP contribution in [0.3, 0.4) is 0 Å². The molecular weight excluding hydrogens is 196 g/mol. The molecule has 0 aromatic rings. The van der Waals surface area contributed by atoms with Gasteiger partial charge in [-0.1, -0.05) is 0 Å². The second-order valence-electron chi connectivity index (χ2n) is 4.27. The molecule has 1 aliphatic rings. The van der Waals surface area contributed by atoms with Crippen LogP contribution in [0.4, 0.5) is 4.39 Å². The van der Waals surface area contributed by atoms with Crippen LogP contribution in [0.25, 0.3) is 0 Å². The molecule has 0 aromatic carbocycles. The number of alkyl halides is 1. The van der Waals surface area contributed by atoms with Crippen molar-refractivity contribution >= 4 is 19.5 Å². The van der Waals surface area contributed by atoms with E-state index in [1.807, 2.05) is 0 Å². The Morgan fingerprint density at radius 2 is 1.87 bits per heavy atom. The smallest absolute Gasteiger partial charge is 0.289 e. The molecule has 1 heterocycles. The molecule has 0 saturated carbocycles. The standard InChI is InChI=1S/C10H15BFNO2/c1-7(14)9(15)13-5-3-8(4-6-13)10(2,11)12/h8H,3-6H2,1-2H3. The summed E-state index contributed by atoms with van der Waals surface area (Å²) < 4.78 is 13.4. The maximum atomic E-state index is 13.4. The summed E-state index contributed by atoms with van der Waals surface area (Å²) in [6.07, 6.45) is 1.03.